The van der Waals surface area contributed by atoms with Crippen molar-refractivity contribution in [1.82, 2.24) is 10.2 Å². The Bertz CT molecular complexity index is 632. The number of hydrogen-bond donors (Lipinski definition) is 1. The van der Waals surface area contributed by atoms with Crippen LogP contribution in [0.5, 0.6) is 0 Å². The minimum absolute atomic E-state index is 0.200. The summed E-state index contributed by atoms with van der Waals surface area (Å²) in [5.41, 5.74) is 2.06. The lowest BCUT2D eigenvalue weighted by Gasteiger charge is -2.41. The zero-order chi connectivity index (χ0) is 14.8. The van der Waals surface area contributed by atoms with Crippen LogP contribution in [0.25, 0.3) is 11.0 Å². The van der Waals surface area contributed by atoms with Crippen molar-refractivity contribution in [2.24, 2.45) is 0 Å². The SMILES string of the molecule is c1cc2cc(CN3CCO[C@]4(CNCCOC4)C3)ccc2o1. The monoisotopic (exact) mass is 302 g/mol. The van der Waals surface area contributed by atoms with Gasteiger partial charge >= 0.3 is 0 Å². The molecule has 0 aliphatic carbocycles. The second-order valence-corrected chi connectivity index (χ2v) is 6.26. The highest BCUT2D eigenvalue weighted by atomic mass is 16.5. The molecule has 5 nitrogen and oxygen atoms in total. The number of benzene rings is 1. The minimum atomic E-state index is -0.200. The number of morpholine rings is 1. The maximum Gasteiger partial charge on any atom is 0.133 e. The van der Waals surface area contributed by atoms with E-state index in [1.807, 2.05) is 6.07 Å². The minimum Gasteiger partial charge on any atom is -0.464 e. The molecule has 3 heterocycles. The topological polar surface area (TPSA) is 46.9 Å². The average Bonchev–Trinajstić information content (AvgIpc) is 2.88. The third-order valence-electron chi connectivity index (χ3n) is 4.49. The van der Waals surface area contributed by atoms with Gasteiger partial charge in [0.05, 0.1) is 26.1 Å². The second-order valence-electron chi connectivity index (χ2n) is 6.26. The quantitative estimate of drug-likeness (QED) is 0.913. The van der Waals surface area contributed by atoms with E-state index in [2.05, 4.69) is 28.4 Å². The van der Waals surface area contributed by atoms with E-state index in [-0.39, 0.29) is 5.60 Å². The summed E-state index contributed by atoms with van der Waals surface area (Å²) in [5.74, 6) is 0. The molecule has 0 radical (unpaired) electrons. The van der Waals surface area contributed by atoms with Gasteiger partial charge in [0.15, 0.2) is 0 Å². The van der Waals surface area contributed by atoms with Gasteiger partial charge in [0, 0.05) is 38.1 Å². The van der Waals surface area contributed by atoms with Crippen LogP contribution in [-0.2, 0) is 16.0 Å². The van der Waals surface area contributed by atoms with E-state index < -0.39 is 0 Å². The number of nitrogens with zero attached hydrogens (tertiary/aromatic N) is 1. The maximum absolute atomic E-state index is 6.07. The summed E-state index contributed by atoms with van der Waals surface area (Å²) in [5, 5.41) is 4.59. The number of nitrogens with one attached hydrogen (secondary N) is 1. The van der Waals surface area contributed by atoms with Crippen LogP contribution < -0.4 is 5.32 Å². The number of hydrogen-bond acceptors (Lipinski definition) is 5. The summed E-state index contributed by atoms with van der Waals surface area (Å²) in [6.45, 7) is 6.78. The fraction of sp³-hybridized carbons (Fsp3) is 0.529. The summed E-state index contributed by atoms with van der Waals surface area (Å²) in [6.07, 6.45) is 1.74. The van der Waals surface area contributed by atoms with Crippen LogP contribution in [0.3, 0.4) is 0 Å². The van der Waals surface area contributed by atoms with Crippen LogP contribution in [-0.4, -0.2) is 56.5 Å². The zero-order valence-electron chi connectivity index (χ0n) is 12.7. The van der Waals surface area contributed by atoms with Gasteiger partial charge in [-0.15, -0.1) is 0 Å². The lowest BCUT2D eigenvalue weighted by Crippen LogP contribution is -2.57. The molecular formula is C17H22N2O3. The molecule has 0 unspecified atom stereocenters. The highest BCUT2D eigenvalue weighted by Gasteiger charge is 2.37. The van der Waals surface area contributed by atoms with Gasteiger partial charge in [0.1, 0.15) is 11.2 Å². The van der Waals surface area contributed by atoms with Gasteiger partial charge in [-0.25, -0.2) is 0 Å². The van der Waals surface area contributed by atoms with Crippen LogP contribution >= 0.6 is 0 Å². The molecule has 118 valence electrons. The predicted molar refractivity (Wildman–Crippen MR) is 83.9 cm³/mol. The molecule has 2 aromatic rings. The fourth-order valence-corrected chi connectivity index (χ4v) is 3.40. The highest BCUT2D eigenvalue weighted by Crippen LogP contribution is 2.23. The molecule has 1 N–H and O–H groups in total. The summed E-state index contributed by atoms with van der Waals surface area (Å²) in [6, 6.07) is 8.43. The van der Waals surface area contributed by atoms with Crippen molar-refractivity contribution < 1.29 is 13.9 Å². The van der Waals surface area contributed by atoms with E-state index in [0.29, 0.717) is 6.61 Å². The van der Waals surface area contributed by atoms with E-state index in [4.69, 9.17) is 13.9 Å². The molecule has 5 heteroatoms. The molecule has 22 heavy (non-hydrogen) atoms. The third-order valence-corrected chi connectivity index (χ3v) is 4.49. The van der Waals surface area contributed by atoms with E-state index in [9.17, 15) is 0 Å². The number of ether oxygens (including phenoxy) is 2. The van der Waals surface area contributed by atoms with Crippen molar-refractivity contribution >= 4 is 11.0 Å². The summed E-state index contributed by atoms with van der Waals surface area (Å²) in [7, 11) is 0. The first-order valence-electron chi connectivity index (χ1n) is 7.94. The Labute approximate surface area is 130 Å². The lowest BCUT2D eigenvalue weighted by molar-refractivity contribution is -0.135. The first-order chi connectivity index (χ1) is 10.8. The van der Waals surface area contributed by atoms with Gasteiger partial charge in [-0.05, 0) is 23.8 Å². The van der Waals surface area contributed by atoms with E-state index in [1.54, 1.807) is 6.26 Å². The van der Waals surface area contributed by atoms with Crippen LogP contribution in [0, 0.1) is 0 Å². The largest absolute Gasteiger partial charge is 0.464 e. The molecule has 1 spiro atoms. The Morgan fingerprint density at radius 1 is 1.23 bits per heavy atom. The molecule has 0 amide bonds. The van der Waals surface area contributed by atoms with Gasteiger partial charge in [0.2, 0.25) is 0 Å². The molecule has 2 fully saturated rings. The summed E-state index contributed by atoms with van der Waals surface area (Å²) < 4.78 is 17.2. The molecular weight excluding hydrogens is 280 g/mol. The van der Waals surface area contributed by atoms with Crippen molar-refractivity contribution in [3.05, 3.63) is 36.1 Å². The molecule has 2 saturated heterocycles. The number of rotatable bonds is 2. The van der Waals surface area contributed by atoms with Crippen LogP contribution in [0.1, 0.15) is 5.56 Å². The van der Waals surface area contributed by atoms with Crippen molar-refractivity contribution in [3.8, 4) is 0 Å². The molecule has 4 rings (SSSR count). The number of fused-ring (bicyclic) bond motifs is 1. The molecule has 2 aliphatic heterocycles. The Morgan fingerprint density at radius 3 is 3.23 bits per heavy atom. The fourth-order valence-electron chi connectivity index (χ4n) is 3.40. The summed E-state index contributed by atoms with van der Waals surface area (Å²) >= 11 is 0. The first-order valence-corrected chi connectivity index (χ1v) is 7.94. The zero-order valence-corrected chi connectivity index (χ0v) is 12.7. The van der Waals surface area contributed by atoms with Gasteiger partial charge in [-0.1, -0.05) is 6.07 Å². The van der Waals surface area contributed by atoms with Crippen molar-refractivity contribution in [3.63, 3.8) is 0 Å². The summed E-state index contributed by atoms with van der Waals surface area (Å²) in [4.78, 5) is 2.46. The molecule has 1 aromatic heterocycles. The Balaban J connectivity index is 1.47. The van der Waals surface area contributed by atoms with Gasteiger partial charge in [-0.3, -0.25) is 4.90 Å². The van der Waals surface area contributed by atoms with E-state index >= 15 is 0 Å². The van der Waals surface area contributed by atoms with Crippen LogP contribution in [0.4, 0.5) is 0 Å². The second kappa shape index (κ2) is 6.01. The average molecular weight is 302 g/mol. The van der Waals surface area contributed by atoms with E-state index in [1.165, 1.54) is 10.9 Å². The molecule has 1 atom stereocenters. The van der Waals surface area contributed by atoms with E-state index in [0.717, 1.165) is 51.5 Å². The Morgan fingerprint density at radius 2 is 2.23 bits per heavy atom. The molecule has 1 aromatic carbocycles. The third kappa shape index (κ3) is 2.90. The Kier molecular flexibility index (Phi) is 3.88. The molecule has 0 bridgehead atoms. The lowest BCUT2D eigenvalue weighted by atomic mass is 10.0. The van der Waals surface area contributed by atoms with Crippen molar-refractivity contribution in [1.29, 1.82) is 0 Å². The number of furan rings is 1. The maximum atomic E-state index is 6.07. The normalized spacial score (nSPS) is 27.3. The smallest absolute Gasteiger partial charge is 0.133 e. The van der Waals surface area contributed by atoms with Crippen molar-refractivity contribution in [2.45, 2.75) is 12.1 Å². The van der Waals surface area contributed by atoms with Gasteiger partial charge < -0.3 is 19.2 Å². The molecule has 0 saturated carbocycles. The highest BCUT2D eigenvalue weighted by molar-refractivity contribution is 5.77. The van der Waals surface area contributed by atoms with Crippen molar-refractivity contribution in [2.75, 3.05) is 46.0 Å². The standard InChI is InChI=1S/C17H22N2O3/c1-2-16-15(3-6-21-16)9-14(1)10-19-5-8-22-17(12-19)11-18-4-7-20-13-17/h1-3,6,9,18H,4-5,7-8,10-13H2/t17-/m1/s1. The Hall–Kier alpha value is -1.40. The van der Waals surface area contributed by atoms with Crippen LogP contribution in [0.15, 0.2) is 34.9 Å². The van der Waals surface area contributed by atoms with Gasteiger partial charge in [-0.2, -0.15) is 0 Å². The van der Waals surface area contributed by atoms with Crippen LogP contribution in [0.2, 0.25) is 0 Å². The first kappa shape index (κ1) is 14.2. The molecule has 2 aliphatic rings. The van der Waals surface area contributed by atoms with Gasteiger partial charge in [0.25, 0.3) is 0 Å². The predicted octanol–water partition coefficient (Wildman–Crippen LogP) is 1.62.